The molecule has 9 nitrogen and oxygen atoms in total. The van der Waals surface area contributed by atoms with Crippen LogP contribution in [0.5, 0.6) is 5.88 Å². The van der Waals surface area contributed by atoms with Crippen molar-refractivity contribution >= 4 is 17.0 Å². The van der Waals surface area contributed by atoms with Crippen molar-refractivity contribution in [2.45, 2.75) is 49.9 Å². The van der Waals surface area contributed by atoms with E-state index in [0.29, 0.717) is 29.1 Å². The van der Waals surface area contributed by atoms with Gasteiger partial charge in [-0.1, -0.05) is 36.4 Å². The van der Waals surface area contributed by atoms with Gasteiger partial charge in [-0.25, -0.2) is 14.2 Å². The van der Waals surface area contributed by atoms with Gasteiger partial charge in [-0.05, 0) is 42.5 Å². The number of benzene rings is 2. The van der Waals surface area contributed by atoms with Crippen LogP contribution in [0, 0.1) is 5.82 Å². The highest BCUT2D eigenvalue weighted by molar-refractivity contribution is 5.88. The van der Waals surface area contributed by atoms with Gasteiger partial charge in [0.2, 0.25) is 0 Å². The molecule has 0 bridgehead atoms. The first kappa shape index (κ1) is 26.1. The molecule has 0 aliphatic carbocycles. The first-order valence-corrected chi connectivity index (χ1v) is 13.8. The molecule has 5 heterocycles. The monoisotopic (exact) mass is 560 g/mol. The number of aliphatic hydroxyl groups excluding tert-OH is 1. The minimum Gasteiger partial charge on any atom is -0.478 e. The molecule has 2 aromatic carbocycles. The fourth-order valence-electron chi connectivity index (χ4n) is 5.94. The molecule has 3 saturated heterocycles. The smallest absolute Gasteiger partial charge is 0.335 e. The summed E-state index contributed by atoms with van der Waals surface area (Å²) in [6, 6.07) is 17.2. The van der Waals surface area contributed by atoms with Crippen molar-refractivity contribution in [3.8, 4) is 28.3 Å². The van der Waals surface area contributed by atoms with Crippen molar-refractivity contribution in [1.29, 1.82) is 0 Å². The van der Waals surface area contributed by atoms with Crippen molar-refractivity contribution in [1.82, 2.24) is 9.55 Å². The molecule has 3 aliphatic heterocycles. The quantitative estimate of drug-likeness (QED) is 0.346. The van der Waals surface area contributed by atoms with Crippen LogP contribution in [0.4, 0.5) is 4.39 Å². The number of hydrogen-bond donors (Lipinski definition) is 2. The lowest BCUT2D eigenvalue weighted by Crippen LogP contribution is -2.35. The summed E-state index contributed by atoms with van der Waals surface area (Å²) in [7, 11) is 0. The zero-order chi connectivity index (χ0) is 28.1. The maximum Gasteiger partial charge on any atom is 0.335 e. The molecule has 7 rings (SSSR count). The summed E-state index contributed by atoms with van der Waals surface area (Å²) in [6.45, 7) is 1.08. The Morgan fingerprint density at radius 2 is 1.63 bits per heavy atom. The minimum absolute atomic E-state index is 0.201. The average molecular weight is 561 g/mol. The standard InChI is InChI=1S/C31H29FN2O7/c32-21-13-23-22(33-28(21)19-8-4-17(5-9-19)18-6-10-20(11-7-18)31(36)37)14-27(34(23)26-3-1-2-12-38-26)41-25-16-40-29-24(35)15-39-30(25)29/h4-11,13-14,24-26,29-30,35H,1-3,12,15-16H2,(H,36,37)/t24-,25-,26?,29-,30-/m1/s1. The second-order valence-corrected chi connectivity index (χ2v) is 10.7. The summed E-state index contributed by atoms with van der Waals surface area (Å²) >= 11 is 0. The lowest BCUT2D eigenvalue weighted by Gasteiger charge is -2.27. The topological polar surface area (TPSA) is 112 Å². The number of ether oxygens (including phenoxy) is 4. The molecule has 212 valence electrons. The summed E-state index contributed by atoms with van der Waals surface area (Å²) in [6.07, 6.45) is 0.473. The number of halogens is 1. The third-order valence-corrected chi connectivity index (χ3v) is 8.06. The summed E-state index contributed by atoms with van der Waals surface area (Å²) in [5.74, 6) is -0.952. The van der Waals surface area contributed by atoms with Crippen LogP contribution in [0.2, 0.25) is 0 Å². The SMILES string of the molecule is O=C(O)c1ccc(-c2ccc(-c3nc4cc(O[C@@H]5CO[C@H]6[C@@H]5OC[C@H]6O)n(C5CCCCO5)c4cc3F)cc2)cc1. The highest BCUT2D eigenvalue weighted by Gasteiger charge is 2.48. The van der Waals surface area contributed by atoms with Gasteiger partial charge in [0.05, 0.1) is 29.8 Å². The third kappa shape index (κ3) is 4.76. The van der Waals surface area contributed by atoms with Gasteiger partial charge in [0, 0.05) is 24.3 Å². The van der Waals surface area contributed by atoms with E-state index in [-0.39, 0.29) is 36.8 Å². The van der Waals surface area contributed by atoms with E-state index in [2.05, 4.69) is 0 Å². The van der Waals surface area contributed by atoms with Gasteiger partial charge in [-0.15, -0.1) is 0 Å². The molecule has 0 amide bonds. The molecule has 1 unspecified atom stereocenters. The van der Waals surface area contributed by atoms with E-state index < -0.39 is 30.1 Å². The first-order valence-electron chi connectivity index (χ1n) is 13.8. The molecule has 2 N–H and O–H groups in total. The number of aromatic nitrogens is 2. The Bertz CT molecular complexity index is 1580. The van der Waals surface area contributed by atoms with Gasteiger partial charge in [-0.3, -0.25) is 4.57 Å². The van der Waals surface area contributed by atoms with E-state index >= 15 is 4.39 Å². The molecular formula is C31H29FN2O7. The van der Waals surface area contributed by atoms with Crippen LogP contribution in [-0.2, 0) is 14.2 Å². The number of fused-ring (bicyclic) bond motifs is 2. The number of rotatable bonds is 6. The van der Waals surface area contributed by atoms with Crippen molar-refractivity contribution in [2.75, 3.05) is 19.8 Å². The van der Waals surface area contributed by atoms with Crippen LogP contribution in [-0.4, -0.2) is 70.0 Å². The number of carboxylic acid groups (broad SMARTS) is 1. The van der Waals surface area contributed by atoms with Gasteiger partial charge in [0.1, 0.15) is 30.2 Å². The molecule has 4 aromatic rings. The van der Waals surface area contributed by atoms with Gasteiger partial charge >= 0.3 is 5.97 Å². The van der Waals surface area contributed by atoms with Crippen molar-refractivity contribution in [3.63, 3.8) is 0 Å². The molecule has 3 aliphatic rings. The Hall–Kier alpha value is -3.83. The van der Waals surface area contributed by atoms with Gasteiger partial charge in [0.15, 0.2) is 17.8 Å². The van der Waals surface area contributed by atoms with Crippen LogP contribution in [0.15, 0.2) is 60.7 Å². The first-order chi connectivity index (χ1) is 20.0. The second-order valence-electron chi connectivity index (χ2n) is 10.7. The molecule has 5 atom stereocenters. The van der Waals surface area contributed by atoms with Crippen LogP contribution in [0.1, 0.15) is 35.8 Å². The Kier molecular flexibility index (Phi) is 6.70. The van der Waals surface area contributed by atoms with Crippen LogP contribution < -0.4 is 4.74 Å². The zero-order valence-electron chi connectivity index (χ0n) is 22.1. The second kappa shape index (κ2) is 10.5. The highest BCUT2D eigenvalue weighted by Crippen LogP contribution is 2.38. The molecule has 0 spiro atoms. The fraction of sp³-hybridized carbons (Fsp3) is 0.355. The average Bonchev–Trinajstić information content (AvgIpc) is 3.68. The van der Waals surface area contributed by atoms with E-state index in [0.717, 1.165) is 30.4 Å². The van der Waals surface area contributed by atoms with Crippen molar-refractivity contribution in [2.24, 2.45) is 0 Å². The fourth-order valence-corrected chi connectivity index (χ4v) is 5.94. The van der Waals surface area contributed by atoms with E-state index in [4.69, 9.17) is 29.0 Å². The predicted molar refractivity (Wildman–Crippen MR) is 146 cm³/mol. The largest absolute Gasteiger partial charge is 0.478 e. The van der Waals surface area contributed by atoms with Crippen LogP contribution >= 0.6 is 0 Å². The summed E-state index contributed by atoms with van der Waals surface area (Å²) in [5, 5.41) is 19.3. The van der Waals surface area contributed by atoms with E-state index in [1.807, 2.05) is 16.7 Å². The number of carbonyl (C=O) groups is 1. The number of pyridine rings is 1. The molecule has 3 fully saturated rings. The zero-order valence-corrected chi connectivity index (χ0v) is 22.1. The van der Waals surface area contributed by atoms with Crippen molar-refractivity contribution in [3.05, 3.63) is 72.0 Å². The maximum absolute atomic E-state index is 15.6. The van der Waals surface area contributed by atoms with Gasteiger partial charge < -0.3 is 29.2 Å². The summed E-state index contributed by atoms with van der Waals surface area (Å²) in [4.78, 5) is 15.9. The molecule has 0 saturated carbocycles. The lowest BCUT2D eigenvalue weighted by molar-refractivity contribution is -0.0392. The molecule has 0 radical (unpaired) electrons. The van der Waals surface area contributed by atoms with Crippen LogP contribution in [0.25, 0.3) is 33.4 Å². The van der Waals surface area contributed by atoms with Gasteiger partial charge in [0.25, 0.3) is 0 Å². The Morgan fingerprint density at radius 1 is 0.927 bits per heavy atom. The third-order valence-electron chi connectivity index (χ3n) is 8.06. The lowest BCUT2D eigenvalue weighted by atomic mass is 10.0. The van der Waals surface area contributed by atoms with E-state index in [1.54, 1.807) is 42.5 Å². The predicted octanol–water partition coefficient (Wildman–Crippen LogP) is 4.81. The number of hydrogen-bond acceptors (Lipinski definition) is 7. The number of nitrogens with zero attached hydrogens (tertiary/aromatic N) is 2. The molecular weight excluding hydrogens is 531 g/mol. The normalized spacial score (nSPS) is 25.9. The molecule has 10 heteroatoms. The number of aliphatic hydroxyl groups is 1. The minimum atomic E-state index is -0.979. The Labute approximate surface area is 235 Å². The maximum atomic E-state index is 15.6. The number of carboxylic acids is 1. The Balaban J connectivity index is 1.22. The molecule has 2 aromatic heterocycles. The Morgan fingerprint density at radius 3 is 2.34 bits per heavy atom. The van der Waals surface area contributed by atoms with Crippen LogP contribution in [0.3, 0.4) is 0 Å². The number of aromatic carboxylic acids is 1. The van der Waals surface area contributed by atoms with Gasteiger partial charge in [-0.2, -0.15) is 0 Å². The highest BCUT2D eigenvalue weighted by atomic mass is 19.1. The summed E-state index contributed by atoms with van der Waals surface area (Å²) < 4.78 is 41.5. The van der Waals surface area contributed by atoms with E-state index in [1.165, 1.54) is 6.07 Å². The van der Waals surface area contributed by atoms with E-state index in [9.17, 15) is 9.90 Å². The molecule has 41 heavy (non-hydrogen) atoms. The summed E-state index contributed by atoms with van der Waals surface area (Å²) in [5.41, 5.74) is 3.92. The van der Waals surface area contributed by atoms with Crippen molar-refractivity contribution < 1.29 is 38.3 Å².